The molecule has 3 aromatic rings. The first-order chi connectivity index (χ1) is 14.7. The summed E-state index contributed by atoms with van der Waals surface area (Å²) < 4.78 is 0. The summed E-state index contributed by atoms with van der Waals surface area (Å²) in [6, 6.07) is 12.2. The first kappa shape index (κ1) is 22.1. The number of benzene rings is 3. The molecule has 1 aliphatic carbocycles. The second-order valence-electron chi connectivity index (χ2n) is 10.7. The van der Waals surface area contributed by atoms with Crippen molar-refractivity contribution in [3.63, 3.8) is 0 Å². The molecule has 0 bridgehead atoms. The van der Waals surface area contributed by atoms with Gasteiger partial charge in [0.25, 0.3) is 0 Å². The minimum absolute atomic E-state index is 0.888. The third-order valence-corrected chi connectivity index (χ3v) is 8.12. The first-order valence-corrected chi connectivity index (χ1v) is 12.3. The molecule has 0 aromatic heterocycles. The van der Waals surface area contributed by atoms with Crippen molar-refractivity contribution in [2.45, 2.75) is 87.0 Å². The Morgan fingerprint density at radius 1 is 0.645 bits per heavy atom. The van der Waals surface area contributed by atoms with Gasteiger partial charge < -0.3 is 0 Å². The van der Waals surface area contributed by atoms with Gasteiger partial charge in [0, 0.05) is 0 Å². The van der Waals surface area contributed by atoms with E-state index < -0.39 is 0 Å². The number of aryl methyl sites for hydroxylation is 5. The molecule has 0 atom stereocenters. The summed E-state index contributed by atoms with van der Waals surface area (Å²) in [4.78, 5) is 0. The van der Waals surface area contributed by atoms with Gasteiger partial charge in [-0.25, -0.2) is 0 Å². The zero-order valence-electron chi connectivity index (χ0n) is 20.8. The molecule has 0 saturated heterocycles. The highest BCUT2D eigenvalue weighted by Crippen LogP contribution is 2.33. The first-order valence-electron chi connectivity index (χ1n) is 12.3. The molecule has 1 fully saturated rings. The molecule has 164 valence electrons. The molecule has 1 saturated carbocycles. The highest BCUT2D eigenvalue weighted by Gasteiger charge is 2.19. The zero-order valence-corrected chi connectivity index (χ0v) is 20.8. The van der Waals surface area contributed by atoms with E-state index in [1.54, 1.807) is 5.56 Å². The van der Waals surface area contributed by atoms with E-state index in [0.717, 1.165) is 18.3 Å². The van der Waals surface area contributed by atoms with Crippen LogP contribution in [0.5, 0.6) is 0 Å². The van der Waals surface area contributed by atoms with Crippen LogP contribution < -0.4 is 0 Å². The van der Waals surface area contributed by atoms with Crippen molar-refractivity contribution in [2.75, 3.05) is 0 Å². The van der Waals surface area contributed by atoms with Crippen molar-refractivity contribution in [3.8, 4) is 0 Å². The molecule has 1 aliphatic rings. The van der Waals surface area contributed by atoms with Gasteiger partial charge in [0.1, 0.15) is 0 Å². The van der Waals surface area contributed by atoms with Gasteiger partial charge in [0.2, 0.25) is 0 Å². The molecule has 0 N–H and O–H groups in total. The summed E-state index contributed by atoms with van der Waals surface area (Å²) >= 11 is 0. The van der Waals surface area contributed by atoms with E-state index in [-0.39, 0.29) is 0 Å². The quantitative estimate of drug-likeness (QED) is 0.402. The molecular weight excluding hydrogens is 372 g/mol. The Labute approximate surface area is 190 Å². The molecular formula is C31H40. The van der Waals surface area contributed by atoms with Crippen LogP contribution in [0.2, 0.25) is 0 Å². The van der Waals surface area contributed by atoms with E-state index in [4.69, 9.17) is 0 Å². The minimum Gasteiger partial charge on any atom is -0.0625 e. The Morgan fingerprint density at radius 3 is 1.90 bits per heavy atom. The van der Waals surface area contributed by atoms with Crippen molar-refractivity contribution in [2.24, 2.45) is 11.8 Å². The van der Waals surface area contributed by atoms with E-state index in [1.807, 2.05) is 0 Å². The summed E-state index contributed by atoms with van der Waals surface area (Å²) in [5, 5.41) is 2.84. The van der Waals surface area contributed by atoms with E-state index in [9.17, 15) is 0 Å². The lowest BCUT2D eigenvalue weighted by Gasteiger charge is -2.26. The van der Waals surface area contributed by atoms with Crippen LogP contribution in [0, 0.1) is 53.4 Å². The fourth-order valence-corrected chi connectivity index (χ4v) is 5.99. The molecule has 0 unspecified atom stereocenters. The number of hydrogen-bond acceptors (Lipinski definition) is 0. The lowest BCUT2D eigenvalue weighted by atomic mass is 9.79. The average Bonchev–Trinajstić information content (AvgIpc) is 2.70. The van der Waals surface area contributed by atoms with Crippen molar-refractivity contribution >= 4 is 10.8 Å². The maximum Gasteiger partial charge on any atom is -0.00202 e. The van der Waals surface area contributed by atoms with Gasteiger partial charge in [-0.2, -0.15) is 0 Å². The van der Waals surface area contributed by atoms with Crippen LogP contribution in [0.4, 0.5) is 0 Å². The Kier molecular flexibility index (Phi) is 6.29. The summed E-state index contributed by atoms with van der Waals surface area (Å²) in [6.45, 7) is 16.1. The smallest absolute Gasteiger partial charge is 0.00202 e. The van der Waals surface area contributed by atoms with Gasteiger partial charge in [-0.05, 0) is 140 Å². The van der Waals surface area contributed by atoms with Crippen LogP contribution in [-0.2, 0) is 12.8 Å². The molecule has 0 spiro atoms. The third kappa shape index (κ3) is 4.59. The van der Waals surface area contributed by atoms with Crippen LogP contribution >= 0.6 is 0 Å². The van der Waals surface area contributed by atoms with Crippen molar-refractivity contribution in [1.82, 2.24) is 0 Å². The minimum atomic E-state index is 0.888. The summed E-state index contributed by atoms with van der Waals surface area (Å²) in [5.74, 6) is 1.82. The maximum absolute atomic E-state index is 2.48. The third-order valence-electron chi connectivity index (χ3n) is 8.12. The van der Waals surface area contributed by atoms with Gasteiger partial charge in [0.15, 0.2) is 0 Å². The molecule has 0 nitrogen and oxygen atoms in total. The molecule has 0 heterocycles. The number of rotatable bonds is 4. The lowest BCUT2D eigenvalue weighted by molar-refractivity contribution is 0.289. The van der Waals surface area contributed by atoms with Crippen LogP contribution in [0.15, 0.2) is 30.3 Å². The fraction of sp³-hybridized carbons (Fsp3) is 0.484. The van der Waals surface area contributed by atoms with Crippen molar-refractivity contribution < 1.29 is 0 Å². The predicted octanol–water partition coefficient (Wildman–Crippen LogP) is 8.65. The maximum atomic E-state index is 2.48. The number of hydrogen-bond donors (Lipinski definition) is 0. The molecule has 0 amide bonds. The highest BCUT2D eigenvalue weighted by atomic mass is 14.2. The monoisotopic (exact) mass is 412 g/mol. The largest absolute Gasteiger partial charge is 0.0625 e. The molecule has 0 heteroatoms. The molecule has 0 aliphatic heterocycles. The Balaban J connectivity index is 1.60. The van der Waals surface area contributed by atoms with Gasteiger partial charge >= 0.3 is 0 Å². The van der Waals surface area contributed by atoms with E-state index in [0.29, 0.717) is 0 Å². The molecule has 4 rings (SSSR count). The summed E-state index contributed by atoms with van der Waals surface area (Å²) in [7, 11) is 0. The highest BCUT2D eigenvalue weighted by molar-refractivity contribution is 5.91. The van der Waals surface area contributed by atoms with Crippen LogP contribution in [0.1, 0.15) is 82.7 Å². The van der Waals surface area contributed by atoms with Gasteiger partial charge in [0.05, 0.1) is 0 Å². The molecule has 0 radical (unpaired) electrons. The topological polar surface area (TPSA) is 0 Å². The zero-order chi connectivity index (χ0) is 22.3. The Morgan fingerprint density at radius 2 is 1.26 bits per heavy atom. The second kappa shape index (κ2) is 8.81. The fourth-order valence-electron chi connectivity index (χ4n) is 5.99. The Bertz CT molecular complexity index is 1080. The van der Waals surface area contributed by atoms with Gasteiger partial charge in [-0.15, -0.1) is 0 Å². The van der Waals surface area contributed by atoms with Crippen LogP contribution in [-0.4, -0.2) is 0 Å². The second-order valence-corrected chi connectivity index (χ2v) is 10.7. The summed E-state index contributed by atoms with van der Waals surface area (Å²) in [6.07, 6.45) is 7.95. The SMILES string of the molecule is Cc1cc2cc(Cc3c(C)cc(CC4CCC(C)CC4)cc3C)cc(C)c2c(C)c1C. The van der Waals surface area contributed by atoms with Crippen molar-refractivity contribution in [1.29, 1.82) is 0 Å². The van der Waals surface area contributed by atoms with Gasteiger partial charge in [-0.3, -0.25) is 0 Å². The average molecular weight is 413 g/mol. The molecule has 3 aromatic carbocycles. The van der Waals surface area contributed by atoms with E-state index in [2.05, 4.69) is 78.8 Å². The summed E-state index contributed by atoms with van der Waals surface area (Å²) in [5.41, 5.74) is 13.1. The van der Waals surface area contributed by atoms with Crippen molar-refractivity contribution in [3.05, 3.63) is 80.4 Å². The van der Waals surface area contributed by atoms with Crippen LogP contribution in [0.3, 0.4) is 0 Å². The normalized spacial score (nSPS) is 19.2. The van der Waals surface area contributed by atoms with Crippen LogP contribution in [0.25, 0.3) is 10.8 Å². The number of fused-ring (bicyclic) bond motifs is 1. The van der Waals surface area contributed by atoms with E-state index >= 15 is 0 Å². The molecule has 31 heavy (non-hydrogen) atoms. The predicted molar refractivity (Wildman–Crippen MR) is 136 cm³/mol. The standard InChI is InChI=1S/C31H40/c1-19-8-10-26(11-9-19)16-27-12-21(3)30(22(4)13-27)18-28-14-23(5)31-25(7)24(6)20(2)15-29(31)17-28/h12-15,17,19,26H,8-11,16,18H2,1-7H3. The lowest BCUT2D eigenvalue weighted by Crippen LogP contribution is -2.14. The van der Waals surface area contributed by atoms with Gasteiger partial charge in [-0.1, -0.05) is 50.1 Å². The Hall–Kier alpha value is -2.08. The van der Waals surface area contributed by atoms with E-state index in [1.165, 1.54) is 87.4 Å².